The van der Waals surface area contributed by atoms with Gasteiger partial charge in [0.05, 0.1) is 17.6 Å². The van der Waals surface area contributed by atoms with Crippen LogP contribution in [0.3, 0.4) is 0 Å². The first-order valence-electron chi connectivity index (χ1n) is 9.25. The standard InChI is InChI=1S/C21H21F2N3O2S/c1-29-14-4-2-13(3-5-14)18-16(7-10-25-20(18)28)15-6-8-21(22,23)12-17(15)19(27)26-11-9-24/h2-5,7,10,15,17H,6,8,11-12H2,1H3,(H,25,28)(H,26,27)/t15-,17+/m0/s1. The number of nitrogens with zero attached hydrogens (tertiary/aromatic N) is 1. The molecule has 1 aliphatic carbocycles. The Morgan fingerprint density at radius 2 is 2.07 bits per heavy atom. The van der Waals surface area contributed by atoms with E-state index in [2.05, 4.69) is 10.3 Å². The average Bonchev–Trinajstić information content (AvgIpc) is 2.71. The third kappa shape index (κ3) is 4.67. The topological polar surface area (TPSA) is 85.8 Å². The molecule has 3 rings (SSSR count). The van der Waals surface area contributed by atoms with Crippen molar-refractivity contribution in [2.45, 2.75) is 36.0 Å². The van der Waals surface area contributed by atoms with Crippen LogP contribution in [0.1, 0.15) is 30.7 Å². The molecule has 1 saturated carbocycles. The highest BCUT2D eigenvalue weighted by atomic mass is 32.2. The number of carbonyl (C=O) groups excluding carboxylic acids is 1. The number of nitriles is 1. The number of hydrogen-bond donors (Lipinski definition) is 2. The van der Waals surface area contributed by atoms with E-state index in [1.807, 2.05) is 30.5 Å². The number of carbonyl (C=O) groups is 1. The van der Waals surface area contributed by atoms with E-state index >= 15 is 0 Å². The van der Waals surface area contributed by atoms with Crippen molar-refractivity contribution in [3.05, 3.63) is 52.4 Å². The summed E-state index contributed by atoms with van der Waals surface area (Å²) in [6.07, 6.45) is 2.55. The van der Waals surface area contributed by atoms with Crippen LogP contribution in [-0.2, 0) is 4.79 Å². The fraction of sp³-hybridized carbons (Fsp3) is 0.381. The number of aromatic nitrogens is 1. The number of alkyl halides is 2. The van der Waals surface area contributed by atoms with Gasteiger partial charge in [0.1, 0.15) is 6.54 Å². The Hall–Kier alpha value is -2.66. The molecular weight excluding hydrogens is 396 g/mol. The molecule has 1 fully saturated rings. The normalized spacial score (nSPS) is 20.6. The third-order valence-electron chi connectivity index (χ3n) is 5.28. The summed E-state index contributed by atoms with van der Waals surface area (Å²) in [5, 5.41) is 11.1. The molecule has 152 valence electrons. The molecule has 29 heavy (non-hydrogen) atoms. The van der Waals surface area contributed by atoms with Crippen molar-refractivity contribution in [1.29, 1.82) is 5.26 Å². The first kappa shape index (κ1) is 21.1. The minimum Gasteiger partial charge on any atom is -0.343 e. The Bertz CT molecular complexity index is 983. The molecule has 2 N–H and O–H groups in total. The average molecular weight is 417 g/mol. The van der Waals surface area contributed by atoms with Crippen molar-refractivity contribution in [3.8, 4) is 17.2 Å². The lowest BCUT2D eigenvalue weighted by molar-refractivity contribution is -0.133. The zero-order valence-corrected chi connectivity index (χ0v) is 16.7. The van der Waals surface area contributed by atoms with Crippen LogP contribution in [0, 0.1) is 17.2 Å². The van der Waals surface area contributed by atoms with Gasteiger partial charge in [-0.2, -0.15) is 5.26 Å². The molecule has 2 aromatic rings. The predicted octanol–water partition coefficient (Wildman–Crippen LogP) is 3.92. The number of aromatic amines is 1. The van der Waals surface area contributed by atoms with Crippen molar-refractivity contribution in [1.82, 2.24) is 10.3 Å². The number of pyridine rings is 1. The van der Waals surface area contributed by atoms with Gasteiger partial charge < -0.3 is 10.3 Å². The molecule has 1 heterocycles. The lowest BCUT2D eigenvalue weighted by Gasteiger charge is -2.36. The first-order valence-corrected chi connectivity index (χ1v) is 10.5. The highest BCUT2D eigenvalue weighted by molar-refractivity contribution is 7.98. The second kappa shape index (κ2) is 8.78. The summed E-state index contributed by atoms with van der Waals surface area (Å²) in [6, 6.07) is 10.9. The number of hydrogen-bond acceptors (Lipinski definition) is 4. The Kier molecular flexibility index (Phi) is 6.38. The van der Waals surface area contributed by atoms with Crippen molar-refractivity contribution in [2.24, 2.45) is 5.92 Å². The summed E-state index contributed by atoms with van der Waals surface area (Å²) >= 11 is 1.57. The lowest BCUT2D eigenvalue weighted by atomic mass is 9.72. The molecule has 1 aliphatic rings. The maximum absolute atomic E-state index is 14.1. The highest BCUT2D eigenvalue weighted by Gasteiger charge is 2.45. The van der Waals surface area contributed by atoms with Gasteiger partial charge in [0.15, 0.2) is 0 Å². The number of thioether (sulfide) groups is 1. The number of amides is 1. The van der Waals surface area contributed by atoms with Crippen LogP contribution >= 0.6 is 11.8 Å². The largest absolute Gasteiger partial charge is 0.343 e. The van der Waals surface area contributed by atoms with E-state index < -0.39 is 30.1 Å². The summed E-state index contributed by atoms with van der Waals surface area (Å²) in [6.45, 7) is -0.244. The van der Waals surface area contributed by atoms with Gasteiger partial charge in [-0.1, -0.05) is 12.1 Å². The highest BCUT2D eigenvalue weighted by Crippen LogP contribution is 2.46. The molecule has 0 aliphatic heterocycles. The van der Waals surface area contributed by atoms with Gasteiger partial charge in [-0.3, -0.25) is 9.59 Å². The van der Waals surface area contributed by atoms with E-state index in [1.165, 1.54) is 6.20 Å². The van der Waals surface area contributed by atoms with Crippen LogP contribution in [0.15, 0.2) is 46.2 Å². The van der Waals surface area contributed by atoms with Gasteiger partial charge in [0.2, 0.25) is 11.8 Å². The molecule has 5 nitrogen and oxygen atoms in total. The summed E-state index contributed by atoms with van der Waals surface area (Å²) in [7, 11) is 0. The Morgan fingerprint density at radius 1 is 1.34 bits per heavy atom. The molecule has 0 saturated heterocycles. The van der Waals surface area contributed by atoms with Gasteiger partial charge in [-0.25, -0.2) is 8.78 Å². The zero-order chi connectivity index (χ0) is 21.0. The summed E-state index contributed by atoms with van der Waals surface area (Å²) in [4.78, 5) is 28.9. The molecule has 0 spiro atoms. The molecular formula is C21H21F2N3O2S. The number of nitrogens with one attached hydrogen (secondary N) is 2. The molecule has 1 aromatic heterocycles. The SMILES string of the molecule is CSc1ccc(-c2c([C@@H]3CCC(F)(F)C[C@H]3C(=O)NCC#N)cc[nH]c2=O)cc1. The molecule has 2 atom stereocenters. The van der Waals surface area contributed by atoms with Gasteiger partial charge in [-0.15, -0.1) is 11.8 Å². The molecule has 0 radical (unpaired) electrons. The minimum absolute atomic E-state index is 0.0803. The van der Waals surface area contributed by atoms with Crippen molar-refractivity contribution in [2.75, 3.05) is 12.8 Å². The maximum Gasteiger partial charge on any atom is 0.256 e. The summed E-state index contributed by atoms with van der Waals surface area (Å²) in [5.41, 5.74) is 1.33. The van der Waals surface area contributed by atoms with Crippen molar-refractivity contribution >= 4 is 17.7 Å². The number of H-pyrrole nitrogens is 1. The minimum atomic E-state index is -2.95. The molecule has 8 heteroatoms. The summed E-state index contributed by atoms with van der Waals surface area (Å²) in [5.74, 6) is -5.09. The van der Waals surface area contributed by atoms with E-state index in [0.717, 1.165) is 4.90 Å². The van der Waals surface area contributed by atoms with Crippen LogP contribution in [0.25, 0.3) is 11.1 Å². The number of benzene rings is 1. The van der Waals surface area contributed by atoms with E-state index in [9.17, 15) is 18.4 Å². The fourth-order valence-corrected chi connectivity index (χ4v) is 4.31. The number of halogens is 2. The molecule has 0 unspecified atom stereocenters. The molecule has 1 aromatic carbocycles. The van der Waals surface area contributed by atoms with Crippen molar-refractivity contribution < 1.29 is 13.6 Å². The van der Waals surface area contributed by atoms with E-state index in [0.29, 0.717) is 16.7 Å². The summed E-state index contributed by atoms with van der Waals surface area (Å²) < 4.78 is 28.2. The fourth-order valence-electron chi connectivity index (χ4n) is 3.90. The van der Waals surface area contributed by atoms with Gasteiger partial charge in [-0.05, 0) is 47.9 Å². The van der Waals surface area contributed by atoms with Gasteiger partial charge in [0, 0.05) is 23.9 Å². The maximum atomic E-state index is 14.1. The smallest absolute Gasteiger partial charge is 0.256 e. The third-order valence-corrected chi connectivity index (χ3v) is 6.02. The van der Waals surface area contributed by atoms with E-state index in [1.54, 1.807) is 23.9 Å². The zero-order valence-electron chi connectivity index (χ0n) is 15.9. The second-order valence-electron chi connectivity index (χ2n) is 7.05. The molecule has 0 bridgehead atoms. The molecule has 1 amide bonds. The van der Waals surface area contributed by atoms with Gasteiger partial charge in [0.25, 0.3) is 5.56 Å². The van der Waals surface area contributed by atoms with Crippen molar-refractivity contribution in [3.63, 3.8) is 0 Å². The van der Waals surface area contributed by atoms with Crippen LogP contribution in [0.5, 0.6) is 0 Å². The van der Waals surface area contributed by atoms with Crippen LogP contribution in [-0.4, -0.2) is 29.6 Å². The van der Waals surface area contributed by atoms with Crippen LogP contribution in [0.4, 0.5) is 8.78 Å². The number of rotatable bonds is 5. The van der Waals surface area contributed by atoms with E-state index in [-0.39, 0.29) is 24.9 Å². The Balaban J connectivity index is 2.05. The van der Waals surface area contributed by atoms with Crippen LogP contribution < -0.4 is 10.9 Å². The van der Waals surface area contributed by atoms with Crippen LogP contribution in [0.2, 0.25) is 0 Å². The van der Waals surface area contributed by atoms with Gasteiger partial charge >= 0.3 is 0 Å². The first-order chi connectivity index (χ1) is 13.9. The Labute approximate surface area is 171 Å². The monoisotopic (exact) mass is 417 g/mol. The Morgan fingerprint density at radius 3 is 2.72 bits per heavy atom. The quantitative estimate of drug-likeness (QED) is 0.570. The lowest BCUT2D eigenvalue weighted by Crippen LogP contribution is -2.42. The predicted molar refractivity (Wildman–Crippen MR) is 108 cm³/mol. The second-order valence-corrected chi connectivity index (χ2v) is 7.93. The van der Waals surface area contributed by atoms with E-state index in [4.69, 9.17) is 5.26 Å².